The van der Waals surface area contributed by atoms with Gasteiger partial charge in [-0.1, -0.05) is 23.7 Å². The number of nitrogens with one attached hydrogen (secondary N) is 1. The van der Waals surface area contributed by atoms with E-state index in [-0.39, 0.29) is 12.7 Å². The van der Waals surface area contributed by atoms with Gasteiger partial charge >= 0.3 is 0 Å². The summed E-state index contributed by atoms with van der Waals surface area (Å²) in [7, 11) is 0. The number of benzene rings is 2. The first kappa shape index (κ1) is 12.3. The summed E-state index contributed by atoms with van der Waals surface area (Å²) in [4.78, 5) is 12.1. The summed E-state index contributed by atoms with van der Waals surface area (Å²) >= 11 is 5.94. The van der Waals surface area contributed by atoms with Crippen LogP contribution in [0.15, 0.2) is 36.4 Å². The monoisotopic (exact) mass is 299 g/mol. The largest absolute Gasteiger partial charge is 0.454 e. The van der Waals surface area contributed by atoms with Gasteiger partial charge in [0.25, 0.3) is 5.91 Å². The van der Waals surface area contributed by atoms with Crippen LogP contribution in [-0.2, 0) is 4.79 Å². The molecule has 2 aliphatic rings. The highest BCUT2D eigenvalue weighted by atomic mass is 35.5. The summed E-state index contributed by atoms with van der Waals surface area (Å²) in [6, 6.07) is 10.9. The number of hydrogen-bond donors (Lipinski definition) is 1. The van der Waals surface area contributed by atoms with Gasteiger partial charge in [0.05, 0.1) is 5.69 Å². The molecule has 1 N–H and O–H groups in total. The summed E-state index contributed by atoms with van der Waals surface area (Å²) in [6.45, 7) is 0.233. The number of rotatable bonds is 1. The van der Waals surface area contributed by atoms with E-state index < -0.39 is 0 Å². The van der Waals surface area contributed by atoms with Crippen LogP contribution in [-0.4, -0.2) is 12.7 Å². The van der Waals surface area contributed by atoms with Gasteiger partial charge in [-0.25, -0.2) is 0 Å². The Morgan fingerprint density at radius 2 is 1.95 bits per heavy atom. The molecule has 0 spiro atoms. The summed E-state index contributed by atoms with van der Waals surface area (Å²) in [5.74, 6) is 1.28. The standard InChI is InChI=1S/C16H10ClNO3/c17-10-2-3-11-12(16(19)18-13(11)7-10)5-9-1-4-14-15(6-9)21-8-20-14/h1-7H,8H2,(H,18,19)/b12-5+. The van der Waals surface area contributed by atoms with Crippen molar-refractivity contribution in [1.29, 1.82) is 0 Å². The van der Waals surface area contributed by atoms with Gasteiger partial charge < -0.3 is 14.8 Å². The maximum Gasteiger partial charge on any atom is 0.256 e. The molecule has 0 saturated carbocycles. The number of fused-ring (bicyclic) bond motifs is 2. The molecule has 2 heterocycles. The first-order valence-corrected chi connectivity index (χ1v) is 6.81. The first-order valence-electron chi connectivity index (χ1n) is 6.43. The van der Waals surface area contributed by atoms with Crippen molar-refractivity contribution in [2.24, 2.45) is 0 Å². The molecule has 0 unspecified atom stereocenters. The van der Waals surface area contributed by atoms with Crippen molar-refractivity contribution in [2.75, 3.05) is 12.1 Å². The van der Waals surface area contributed by atoms with Gasteiger partial charge in [0, 0.05) is 16.2 Å². The molecule has 21 heavy (non-hydrogen) atoms. The Morgan fingerprint density at radius 3 is 2.86 bits per heavy atom. The SMILES string of the molecule is O=C1Nc2cc(Cl)ccc2/C1=C\c1ccc2c(c1)OCO2. The fraction of sp³-hybridized carbons (Fsp3) is 0.0625. The van der Waals surface area contributed by atoms with E-state index in [0.29, 0.717) is 16.3 Å². The van der Waals surface area contributed by atoms with E-state index in [4.69, 9.17) is 21.1 Å². The molecule has 2 aliphatic heterocycles. The predicted molar refractivity (Wildman–Crippen MR) is 80.5 cm³/mol. The van der Waals surface area contributed by atoms with Crippen molar-refractivity contribution < 1.29 is 14.3 Å². The van der Waals surface area contributed by atoms with E-state index in [9.17, 15) is 4.79 Å². The molecule has 0 atom stereocenters. The summed E-state index contributed by atoms with van der Waals surface area (Å²) in [5, 5.41) is 3.41. The number of amides is 1. The number of hydrogen-bond acceptors (Lipinski definition) is 3. The molecular formula is C16H10ClNO3. The normalized spacial score (nSPS) is 17.0. The van der Waals surface area contributed by atoms with Crippen LogP contribution in [0.25, 0.3) is 11.6 Å². The van der Waals surface area contributed by atoms with Crippen molar-refractivity contribution in [3.8, 4) is 11.5 Å². The van der Waals surface area contributed by atoms with E-state index in [0.717, 1.165) is 22.6 Å². The quantitative estimate of drug-likeness (QED) is 0.819. The third-order valence-electron chi connectivity index (χ3n) is 3.47. The van der Waals surface area contributed by atoms with E-state index in [2.05, 4.69) is 5.32 Å². The van der Waals surface area contributed by atoms with E-state index >= 15 is 0 Å². The topological polar surface area (TPSA) is 47.6 Å². The average Bonchev–Trinajstić information content (AvgIpc) is 3.03. The van der Waals surface area contributed by atoms with Gasteiger partial charge in [-0.2, -0.15) is 0 Å². The highest BCUT2D eigenvalue weighted by Crippen LogP contribution is 2.37. The zero-order chi connectivity index (χ0) is 14.4. The lowest BCUT2D eigenvalue weighted by Crippen LogP contribution is -2.03. The van der Waals surface area contributed by atoms with Crippen LogP contribution in [0.3, 0.4) is 0 Å². The maximum absolute atomic E-state index is 12.1. The summed E-state index contributed by atoms with van der Waals surface area (Å²) in [5.41, 5.74) is 3.08. The lowest BCUT2D eigenvalue weighted by atomic mass is 10.0. The molecule has 4 rings (SSSR count). The van der Waals surface area contributed by atoms with Crippen LogP contribution in [0, 0.1) is 0 Å². The molecule has 0 radical (unpaired) electrons. The number of ether oxygens (including phenoxy) is 2. The highest BCUT2D eigenvalue weighted by molar-refractivity contribution is 6.36. The van der Waals surface area contributed by atoms with Gasteiger partial charge in [-0.15, -0.1) is 0 Å². The highest BCUT2D eigenvalue weighted by Gasteiger charge is 2.24. The third-order valence-corrected chi connectivity index (χ3v) is 3.71. The molecule has 0 aromatic heterocycles. The first-order chi connectivity index (χ1) is 10.2. The Labute approximate surface area is 125 Å². The van der Waals surface area contributed by atoms with E-state index in [1.165, 1.54) is 0 Å². The molecule has 104 valence electrons. The molecule has 2 aromatic carbocycles. The van der Waals surface area contributed by atoms with Gasteiger partial charge in [-0.3, -0.25) is 4.79 Å². The maximum atomic E-state index is 12.1. The molecule has 4 nitrogen and oxygen atoms in total. The fourth-order valence-corrected chi connectivity index (χ4v) is 2.65. The Morgan fingerprint density at radius 1 is 1.10 bits per heavy atom. The van der Waals surface area contributed by atoms with E-state index in [1.54, 1.807) is 12.1 Å². The number of anilines is 1. The smallest absolute Gasteiger partial charge is 0.256 e. The molecule has 5 heteroatoms. The molecular weight excluding hydrogens is 290 g/mol. The Balaban J connectivity index is 1.78. The minimum atomic E-state index is -0.134. The van der Waals surface area contributed by atoms with Crippen LogP contribution in [0.4, 0.5) is 5.69 Å². The lowest BCUT2D eigenvalue weighted by Gasteiger charge is -2.01. The third kappa shape index (κ3) is 2.04. The van der Waals surface area contributed by atoms with Crippen LogP contribution in [0.1, 0.15) is 11.1 Å². The van der Waals surface area contributed by atoms with Crippen molar-refractivity contribution in [2.45, 2.75) is 0 Å². The van der Waals surface area contributed by atoms with Crippen molar-refractivity contribution in [3.63, 3.8) is 0 Å². The molecule has 0 bridgehead atoms. The van der Waals surface area contributed by atoms with Gasteiger partial charge in [0.1, 0.15) is 0 Å². The van der Waals surface area contributed by atoms with Crippen LogP contribution < -0.4 is 14.8 Å². The van der Waals surface area contributed by atoms with Crippen LogP contribution in [0.5, 0.6) is 11.5 Å². The summed E-state index contributed by atoms with van der Waals surface area (Å²) in [6.07, 6.45) is 1.83. The Kier molecular flexibility index (Phi) is 2.65. The number of halogens is 1. The molecule has 0 aliphatic carbocycles. The predicted octanol–water partition coefficient (Wildman–Crippen LogP) is 3.56. The minimum absolute atomic E-state index is 0.134. The van der Waals surface area contributed by atoms with Gasteiger partial charge in [0.2, 0.25) is 6.79 Å². The lowest BCUT2D eigenvalue weighted by molar-refractivity contribution is -0.110. The minimum Gasteiger partial charge on any atom is -0.454 e. The average molecular weight is 300 g/mol. The Hall–Kier alpha value is -2.46. The number of carbonyl (C=O) groups excluding carboxylic acids is 1. The van der Waals surface area contributed by atoms with Gasteiger partial charge in [-0.05, 0) is 35.9 Å². The van der Waals surface area contributed by atoms with Gasteiger partial charge in [0.15, 0.2) is 11.5 Å². The van der Waals surface area contributed by atoms with Crippen LogP contribution in [0.2, 0.25) is 5.02 Å². The van der Waals surface area contributed by atoms with Crippen molar-refractivity contribution in [3.05, 3.63) is 52.5 Å². The molecule has 0 saturated heterocycles. The molecule has 0 fully saturated rings. The van der Waals surface area contributed by atoms with E-state index in [1.807, 2.05) is 30.3 Å². The Bertz CT molecular complexity index is 798. The van der Waals surface area contributed by atoms with Crippen molar-refractivity contribution >= 4 is 34.8 Å². The molecule has 1 amide bonds. The second-order valence-corrected chi connectivity index (χ2v) is 5.25. The van der Waals surface area contributed by atoms with Crippen LogP contribution >= 0.6 is 11.6 Å². The second kappa shape index (κ2) is 4.53. The second-order valence-electron chi connectivity index (χ2n) is 4.81. The zero-order valence-electron chi connectivity index (χ0n) is 10.9. The molecule has 2 aromatic rings. The summed E-state index contributed by atoms with van der Waals surface area (Å²) < 4.78 is 10.6. The zero-order valence-corrected chi connectivity index (χ0v) is 11.6. The van der Waals surface area contributed by atoms with Crippen molar-refractivity contribution in [1.82, 2.24) is 0 Å². The fourth-order valence-electron chi connectivity index (χ4n) is 2.48. The number of carbonyl (C=O) groups is 1.